The van der Waals surface area contributed by atoms with Gasteiger partial charge in [-0.15, -0.1) is 0 Å². The van der Waals surface area contributed by atoms with Crippen molar-refractivity contribution in [3.63, 3.8) is 0 Å². The molecule has 2 aromatic heterocycles. The van der Waals surface area contributed by atoms with Gasteiger partial charge in [0, 0.05) is 5.02 Å². The van der Waals surface area contributed by atoms with Crippen molar-refractivity contribution in [3.05, 3.63) is 95.3 Å². The van der Waals surface area contributed by atoms with Gasteiger partial charge in [0.15, 0.2) is 5.13 Å². The molecule has 0 unspecified atom stereocenters. The molecule has 0 aliphatic heterocycles. The Morgan fingerprint density at radius 2 is 1.67 bits per heavy atom. The lowest BCUT2D eigenvalue weighted by Crippen LogP contribution is -2.31. The second kappa shape index (κ2) is 7.82. The second-order valence-corrected chi connectivity index (χ2v) is 8.17. The number of anilines is 1. The van der Waals surface area contributed by atoms with Crippen LogP contribution in [0.5, 0.6) is 0 Å². The monoisotopic (exact) mass is 430 g/mol. The summed E-state index contributed by atoms with van der Waals surface area (Å²) in [7, 11) is 0. The van der Waals surface area contributed by atoms with Crippen molar-refractivity contribution >= 4 is 55.2 Å². The van der Waals surface area contributed by atoms with Crippen molar-refractivity contribution < 1.29 is 4.79 Å². The summed E-state index contributed by atoms with van der Waals surface area (Å²) in [6.07, 6.45) is 1.52. The molecule has 146 valence electrons. The molecule has 0 bridgehead atoms. The first-order chi connectivity index (χ1) is 14.7. The fraction of sp³-hybridized carbons (Fsp3) is 0.0435. The van der Waals surface area contributed by atoms with Gasteiger partial charge in [-0.2, -0.15) is 0 Å². The SMILES string of the molecule is O=C(c1cnc2ccccc2n1)N(Cc1ccccc1)c1nc2ccc(Cl)cc2s1. The quantitative estimate of drug-likeness (QED) is 0.364. The number of carbonyl (C=O) groups is 1. The third-order valence-electron chi connectivity index (χ3n) is 4.67. The van der Waals surface area contributed by atoms with Gasteiger partial charge in [0.25, 0.3) is 5.91 Å². The lowest BCUT2D eigenvalue weighted by Gasteiger charge is -2.19. The Balaban J connectivity index is 1.59. The highest BCUT2D eigenvalue weighted by atomic mass is 35.5. The number of hydrogen-bond donors (Lipinski definition) is 0. The number of halogens is 1. The van der Waals surface area contributed by atoms with E-state index in [0.29, 0.717) is 22.2 Å². The largest absolute Gasteiger partial charge is 0.280 e. The van der Waals surface area contributed by atoms with Crippen LogP contribution in [0.25, 0.3) is 21.3 Å². The maximum absolute atomic E-state index is 13.5. The normalized spacial score (nSPS) is 11.1. The first kappa shape index (κ1) is 18.7. The number of nitrogens with zero attached hydrogens (tertiary/aromatic N) is 4. The van der Waals surface area contributed by atoms with Gasteiger partial charge in [-0.25, -0.2) is 9.97 Å². The van der Waals surface area contributed by atoms with E-state index in [1.807, 2.05) is 66.7 Å². The van der Waals surface area contributed by atoms with Crippen molar-refractivity contribution in [3.8, 4) is 0 Å². The molecule has 7 heteroatoms. The molecule has 5 aromatic rings. The van der Waals surface area contributed by atoms with E-state index < -0.39 is 0 Å². The first-order valence-corrected chi connectivity index (χ1v) is 10.5. The van der Waals surface area contributed by atoms with Crippen LogP contribution in [-0.2, 0) is 6.54 Å². The number of para-hydroxylation sites is 2. The van der Waals surface area contributed by atoms with Gasteiger partial charge in [0.1, 0.15) is 5.69 Å². The minimum atomic E-state index is -0.248. The summed E-state index contributed by atoms with van der Waals surface area (Å²) < 4.78 is 0.924. The molecule has 0 spiro atoms. The number of rotatable bonds is 4. The Bertz CT molecular complexity index is 1370. The van der Waals surface area contributed by atoms with E-state index in [9.17, 15) is 4.79 Å². The molecule has 5 rings (SSSR count). The summed E-state index contributed by atoms with van der Waals surface area (Å²) in [6, 6.07) is 22.8. The summed E-state index contributed by atoms with van der Waals surface area (Å²) in [5, 5.41) is 1.23. The average molecular weight is 431 g/mol. The zero-order valence-corrected chi connectivity index (χ0v) is 17.3. The van der Waals surface area contributed by atoms with E-state index in [-0.39, 0.29) is 11.6 Å². The number of thiazole rings is 1. The van der Waals surface area contributed by atoms with Gasteiger partial charge in [0.2, 0.25) is 0 Å². The van der Waals surface area contributed by atoms with E-state index in [4.69, 9.17) is 11.6 Å². The zero-order chi connectivity index (χ0) is 20.5. The highest BCUT2D eigenvalue weighted by molar-refractivity contribution is 7.22. The van der Waals surface area contributed by atoms with Gasteiger partial charge < -0.3 is 0 Å². The number of amides is 1. The van der Waals surface area contributed by atoms with Gasteiger partial charge in [-0.1, -0.05) is 65.4 Å². The smallest absolute Gasteiger partial charge is 0.278 e. The highest BCUT2D eigenvalue weighted by Gasteiger charge is 2.23. The summed E-state index contributed by atoms with van der Waals surface area (Å²) in [4.78, 5) is 28.8. The molecule has 0 radical (unpaired) electrons. The van der Waals surface area contributed by atoms with E-state index >= 15 is 0 Å². The molecule has 3 aromatic carbocycles. The van der Waals surface area contributed by atoms with E-state index in [0.717, 1.165) is 21.3 Å². The third-order valence-corrected chi connectivity index (χ3v) is 5.94. The first-order valence-electron chi connectivity index (χ1n) is 9.31. The fourth-order valence-corrected chi connectivity index (χ4v) is 4.43. The predicted octanol–water partition coefficient (Wildman–Crippen LogP) is 5.74. The fourth-order valence-electron chi connectivity index (χ4n) is 3.19. The van der Waals surface area contributed by atoms with Gasteiger partial charge in [-0.3, -0.25) is 14.7 Å². The van der Waals surface area contributed by atoms with Crippen LogP contribution in [0.15, 0.2) is 79.0 Å². The Hall–Kier alpha value is -3.35. The summed E-state index contributed by atoms with van der Waals surface area (Å²) in [5.74, 6) is -0.248. The van der Waals surface area contributed by atoms with E-state index in [1.165, 1.54) is 17.5 Å². The topological polar surface area (TPSA) is 59.0 Å². The van der Waals surface area contributed by atoms with Crippen LogP contribution >= 0.6 is 22.9 Å². The minimum Gasteiger partial charge on any atom is -0.278 e. The third kappa shape index (κ3) is 3.63. The molecule has 0 saturated carbocycles. The van der Waals surface area contributed by atoms with Crippen LogP contribution in [0.4, 0.5) is 5.13 Å². The Kier molecular flexibility index (Phi) is 4.86. The number of carbonyl (C=O) groups excluding carboxylic acids is 1. The molecule has 0 saturated heterocycles. The molecule has 0 aliphatic rings. The van der Waals surface area contributed by atoms with Crippen molar-refractivity contribution in [2.75, 3.05) is 4.90 Å². The molecule has 1 amide bonds. The second-order valence-electron chi connectivity index (χ2n) is 6.73. The molecule has 30 heavy (non-hydrogen) atoms. The van der Waals surface area contributed by atoms with Crippen molar-refractivity contribution in [2.24, 2.45) is 0 Å². The molecule has 5 nitrogen and oxygen atoms in total. The van der Waals surface area contributed by atoms with E-state index in [2.05, 4.69) is 15.0 Å². The average Bonchev–Trinajstić information content (AvgIpc) is 3.20. The lowest BCUT2D eigenvalue weighted by atomic mass is 10.2. The molecule has 0 atom stereocenters. The summed E-state index contributed by atoms with van der Waals surface area (Å²) in [5.41, 5.74) is 3.51. The summed E-state index contributed by atoms with van der Waals surface area (Å²) >= 11 is 7.56. The van der Waals surface area contributed by atoms with Gasteiger partial charge >= 0.3 is 0 Å². The predicted molar refractivity (Wildman–Crippen MR) is 121 cm³/mol. The Labute approximate surface area is 181 Å². The standard InChI is InChI=1S/C23H15ClN4OS/c24-16-10-11-19-21(12-16)30-23(27-19)28(14-15-6-2-1-3-7-15)22(29)20-13-25-17-8-4-5-9-18(17)26-20/h1-13H,14H2. The Morgan fingerprint density at radius 1 is 0.900 bits per heavy atom. The van der Waals surface area contributed by atoms with Crippen molar-refractivity contribution in [2.45, 2.75) is 6.54 Å². The van der Waals surface area contributed by atoms with Gasteiger partial charge in [-0.05, 0) is 35.9 Å². The molecule has 2 heterocycles. The van der Waals surface area contributed by atoms with Crippen LogP contribution in [0.3, 0.4) is 0 Å². The molecule has 0 N–H and O–H groups in total. The van der Waals surface area contributed by atoms with Gasteiger partial charge in [0.05, 0.1) is 34.0 Å². The van der Waals surface area contributed by atoms with Crippen LogP contribution < -0.4 is 4.90 Å². The molecule has 0 aliphatic carbocycles. The number of fused-ring (bicyclic) bond motifs is 2. The number of hydrogen-bond acceptors (Lipinski definition) is 5. The van der Waals surface area contributed by atoms with Crippen molar-refractivity contribution in [1.82, 2.24) is 15.0 Å². The zero-order valence-electron chi connectivity index (χ0n) is 15.7. The van der Waals surface area contributed by atoms with E-state index in [1.54, 1.807) is 11.0 Å². The molecular weight excluding hydrogens is 416 g/mol. The van der Waals surface area contributed by atoms with Crippen LogP contribution in [0.1, 0.15) is 16.1 Å². The molecule has 0 fully saturated rings. The highest BCUT2D eigenvalue weighted by Crippen LogP contribution is 2.32. The minimum absolute atomic E-state index is 0.248. The number of aromatic nitrogens is 3. The summed E-state index contributed by atoms with van der Waals surface area (Å²) in [6.45, 7) is 0.377. The lowest BCUT2D eigenvalue weighted by molar-refractivity contribution is 0.0980. The molecular formula is C23H15ClN4OS. The van der Waals surface area contributed by atoms with Crippen molar-refractivity contribution in [1.29, 1.82) is 0 Å². The van der Waals surface area contributed by atoms with Crippen LogP contribution in [0, 0.1) is 0 Å². The number of benzene rings is 3. The van der Waals surface area contributed by atoms with Crippen LogP contribution in [-0.4, -0.2) is 20.9 Å². The maximum atomic E-state index is 13.5. The maximum Gasteiger partial charge on any atom is 0.280 e. The van der Waals surface area contributed by atoms with Crippen LogP contribution in [0.2, 0.25) is 5.02 Å². The Morgan fingerprint density at radius 3 is 2.50 bits per heavy atom.